The van der Waals surface area contributed by atoms with Crippen LogP contribution < -0.4 is 10.2 Å². The van der Waals surface area contributed by atoms with Gasteiger partial charge in [-0.25, -0.2) is 4.79 Å². The van der Waals surface area contributed by atoms with Gasteiger partial charge in [0, 0.05) is 45.0 Å². The molecule has 2 amide bonds. The minimum atomic E-state index is -4.35. The molecule has 184 valence electrons. The molecule has 4 rings (SSSR count). The maximum Gasteiger partial charge on any atom is 0.416 e. The molecule has 0 saturated carbocycles. The van der Waals surface area contributed by atoms with Crippen molar-refractivity contribution in [1.82, 2.24) is 15.1 Å². The van der Waals surface area contributed by atoms with Crippen LogP contribution in [0.4, 0.5) is 23.7 Å². The van der Waals surface area contributed by atoms with Crippen molar-refractivity contribution in [3.8, 4) is 0 Å². The molecular weight excluding hydrogens is 441 g/mol. The highest BCUT2D eigenvalue weighted by molar-refractivity contribution is 5.74. The van der Waals surface area contributed by atoms with Crippen LogP contribution in [0.15, 0.2) is 54.6 Å². The molecular formula is C26H33F3N4O. The van der Waals surface area contributed by atoms with Crippen molar-refractivity contribution in [3.63, 3.8) is 0 Å². The van der Waals surface area contributed by atoms with Crippen molar-refractivity contribution in [3.05, 3.63) is 65.7 Å². The fourth-order valence-electron chi connectivity index (χ4n) is 4.82. The van der Waals surface area contributed by atoms with Crippen LogP contribution in [0.3, 0.4) is 0 Å². The van der Waals surface area contributed by atoms with Crippen molar-refractivity contribution in [1.29, 1.82) is 0 Å². The van der Waals surface area contributed by atoms with Crippen molar-refractivity contribution >= 4 is 11.7 Å². The van der Waals surface area contributed by atoms with Gasteiger partial charge in [-0.3, -0.25) is 4.90 Å². The third-order valence-corrected chi connectivity index (χ3v) is 6.89. The van der Waals surface area contributed by atoms with Crippen LogP contribution >= 0.6 is 0 Å². The third kappa shape index (κ3) is 6.65. The number of benzene rings is 2. The largest absolute Gasteiger partial charge is 0.416 e. The van der Waals surface area contributed by atoms with Crippen LogP contribution in [0.2, 0.25) is 0 Å². The monoisotopic (exact) mass is 474 g/mol. The van der Waals surface area contributed by atoms with Crippen LogP contribution in [-0.2, 0) is 12.7 Å². The van der Waals surface area contributed by atoms with Gasteiger partial charge in [0.2, 0.25) is 0 Å². The number of nitrogens with one attached hydrogen (secondary N) is 1. The lowest BCUT2D eigenvalue weighted by Crippen LogP contribution is -2.52. The summed E-state index contributed by atoms with van der Waals surface area (Å²) in [4.78, 5) is 18.7. The van der Waals surface area contributed by atoms with Gasteiger partial charge in [0.1, 0.15) is 0 Å². The van der Waals surface area contributed by atoms with Gasteiger partial charge in [-0.05, 0) is 62.0 Å². The molecule has 2 aromatic carbocycles. The first kappa shape index (κ1) is 24.4. The molecule has 2 aliphatic heterocycles. The number of halogens is 3. The summed E-state index contributed by atoms with van der Waals surface area (Å²) in [5.41, 5.74) is 1.26. The molecule has 0 aromatic heterocycles. The Hall–Kier alpha value is -2.74. The van der Waals surface area contributed by atoms with Gasteiger partial charge in [-0.2, -0.15) is 13.2 Å². The maximum absolute atomic E-state index is 13.0. The Morgan fingerprint density at radius 1 is 0.912 bits per heavy atom. The number of alkyl halides is 3. The van der Waals surface area contributed by atoms with Gasteiger partial charge < -0.3 is 15.1 Å². The minimum absolute atomic E-state index is 0.0785. The number of anilines is 1. The summed E-state index contributed by atoms with van der Waals surface area (Å²) in [5.74, 6) is 0.630. The molecule has 0 unspecified atom stereocenters. The fraction of sp³-hybridized carbons (Fsp3) is 0.500. The number of piperidine rings is 1. The molecule has 2 saturated heterocycles. The van der Waals surface area contributed by atoms with Gasteiger partial charge in [-0.1, -0.05) is 36.4 Å². The highest BCUT2D eigenvalue weighted by Crippen LogP contribution is 2.32. The van der Waals surface area contributed by atoms with Crippen molar-refractivity contribution in [2.75, 3.05) is 50.7 Å². The summed E-state index contributed by atoms with van der Waals surface area (Å²) in [6.07, 6.45) is -1.07. The summed E-state index contributed by atoms with van der Waals surface area (Å²) in [6, 6.07) is 15.8. The molecule has 2 aromatic rings. The average molecular weight is 475 g/mol. The predicted octanol–water partition coefficient (Wildman–Crippen LogP) is 4.84. The topological polar surface area (TPSA) is 38.8 Å². The van der Waals surface area contributed by atoms with E-state index < -0.39 is 11.7 Å². The molecule has 0 spiro atoms. The summed E-state index contributed by atoms with van der Waals surface area (Å²) >= 11 is 0. The second-order valence-electron chi connectivity index (χ2n) is 9.25. The molecule has 0 bridgehead atoms. The number of hydrogen-bond acceptors (Lipinski definition) is 3. The van der Waals surface area contributed by atoms with Gasteiger partial charge in [0.15, 0.2) is 0 Å². The van der Waals surface area contributed by atoms with Gasteiger partial charge in [0.25, 0.3) is 0 Å². The molecule has 5 nitrogen and oxygen atoms in total. The highest BCUT2D eigenvalue weighted by Gasteiger charge is 2.31. The van der Waals surface area contributed by atoms with Crippen molar-refractivity contribution in [2.45, 2.75) is 32.0 Å². The number of carbonyl (C=O) groups excluding carboxylic acids is 1. The Morgan fingerprint density at radius 2 is 1.62 bits per heavy atom. The average Bonchev–Trinajstić information content (AvgIpc) is 2.85. The molecule has 2 aliphatic rings. The number of nitrogens with zero attached hydrogens (tertiary/aromatic N) is 3. The lowest BCUT2D eigenvalue weighted by Gasteiger charge is -2.36. The first-order valence-electron chi connectivity index (χ1n) is 12.1. The van der Waals surface area contributed by atoms with E-state index in [1.54, 1.807) is 11.0 Å². The molecule has 0 radical (unpaired) electrons. The second-order valence-corrected chi connectivity index (χ2v) is 9.25. The summed E-state index contributed by atoms with van der Waals surface area (Å²) in [5, 5.41) is 3.04. The van der Waals surface area contributed by atoms with Crippen LogP contribution in [0.25, 0.3) is 0 Å². The highest BCUT2D eigenvalue weighted by atomic mass is 19.4. The summed E-state index contributed by atoms with van der Waals surface area (Å²) < 4.78 is 38.9. The van der Waals surface area contributed by atoms with Crippen molar-refractivity contribution < 1.29 is 18.0 Å². The number of hydrogen-bond donors (Lipinski definition) is 1. The first-order valence-corrected chi connectivity index (χ1v) is 12.1. The van der Waals surface area contributed by atoms with Crippen LogP contribution in [0.5, 0.6) is 0 Å². The Balaban J connectivity index is 1.14. The Morgan fingerprint density at radius 3 is 2.29 bits per heavy atom. The normalized spacial score (nSPS) is 18.2. The zero-order valence-corrected chi connectivity index (χ0v) is 19.4. The molecule has 2 fully saturated rings. The Kier molecular flexibility index (Phi) is 7.98. The third-order valence-electron chi connectivity index (χ3n) is 6.89. The number of likely N-dealkylation sites (tertiary alicyclic amines) is 1. The van der Waals surface area contributed by atoms with Crippen LogP contribution in [-0.4, -0.2) is 61.6 Å². The molecule has 0 aliphatic carbocycles. The number of rotatable bonds is 6. The van der Waals surface area contributed by atoms with E-state index in [0.717, 1.165) is 45.0 Å². The van der Waals surface area contributed by atoms with E-state index in [4.69, 9.17) is 0 Å². The smallest absolute Gasteiger partial charge is 0.368 e. The SMILES string of the molecule is O=C(NCCC1CCN(Cc2ccccc2)CC1)N1CCN(c2cccc(C(F)(F)F)c2)CC1. The van der Waals surface area contributed by atoms with E-state index in [2.05, 4.69) is 34.5 Å². The molecule has 34 heavy (non-hydrogen) atoms. The van der Waals surface area contributed by atoms with Crippen LogP contribution in [0, 0.1) is 5.92 Å². The van der Waals surface area contributed by atoms with Gasteiger partial charge in [0.05, 0.1) is 5.56 Å². The number of carbonyl (C=O) groups is 1. The van der Waals surface area contributed by atoms with E-state index >= 15 is 0 Å². The fourth-order valence-corrected chi connectivity index (χ4v) is 4.82. The Bertz CT molecular complexity index is 921. The lowest BCUT2D eigenvalue weighted by atomic mass is 9.93. The summed E-state index contributed by atoms with van der Waals surface area (Å²) in [6.45, 7) is 5.88. The van der Waals surface area contributed by atoms with Gasteiger partial charge >= 0.3 is 12.2 Å². The second kappa shape index (κ2) is 11.1. The van der Waals surface area contributed by atoms with E-state index in [1.165, 1.54) is 17.7 Å². The summed E-state index contributed by atoms with van der Waals surface area (Å²) in [7, 11) is 0. The zero-order chi connectivity index (χ0) is 24.0. The predicted molar refractivity (Wildman–Crippen MR) is 128 cm³/mol. The first-order chi connectivity index (χ1) is 16.4. The van der Waals surface area contributed by atoms with E-state index in [0.29, 0.717) is 44.3 Å². The van der Waals surface area contributed by atoms with E-state index in [-0.39, 0.29) is 6.03 Å². The van der Waals surface area contributed by atoms with Crippen LogP contribution in [0.1, 0.15) is 30.4 Å². The minimum Gasteiger partial charge on any atom is -0.368 e. The zero-order valence-electron chi connectivity index (χ0n) is 19.4. The molecule has 2 heterocycles. The molecule has 1 N–H and O–H groups in total. The quantitative estimate of drug-likeness (QED) is 0.651. The number of amides is 2. The van der Waals surface area contributed by atoms with Crippen molar-refractivity contribution in [2.24, 2.45) is 5.92 Å². The molecule has 0 atom stereocenters. The standard InChI is InChI=1S/C26H33F3N4O/c27-26(28,29)23-7-4-8-24(19-23)32-15-17-33(18-16-32)25(34)30-12-9-21-10-13-31(14-11-21)20-22-5-2-1-3-6-22/h1-8,19,21H,9-18,20H2,(H,30,34). The number of piperazine rings is 1. The van der Waals surface area contributed by atoms with E-state index in [9.17, 15) is 18.0 Å². The molecule has 8 heteroatoms. The number of urea groups is 1. The lowest BCUT2D eigenvalue weighted by molar-refractivity contribution is -0.137. The van der Waals surface area contributed by atoms with Gasteiger partial charge in [-0.15, -0.1) is 0 Å². The maximum atomic E-state index is 13.0. The van der Waals surface area contributed by atoms with E-state index in [1.807, 2.05) is 11.0 Å². The Labute approximate surface area is 199 Å².